The van der Waals surface area contributed by atoms with E-state index in [1.165, 1.54) is 11.8 Å². The summed E-state index contributed by atoms with van der Waals surface area (Å²) >= 11 is 1.27. The summed E-state index contributed by atoms with van der Waals surface area (Å²) in [6.45, 7) is 7.55. The minimum Gasteiger partial charge on any atom is -0.393 e. The first kappa shape index (κ1) is 19.9. The fourth-order valence-electron chi connectivity index (χ4n) is 1.64. The molecule has 0 heterocycles. The van der Waals surface area contributed by atoms with E-state index in [1.807, 2.05) is 13.8 Å². The molecule has 4 N–H and O–H groups in total. The maximum absolute atomic E-state index is 11.9. The van der Waals surface area contributed by atoms with Gasteiger partial charge in [-0.1, -0.05) is 25.1 Å². The Bertz CT molecular complexity index is 406. The normalized spacial score (nSPS) is 14.4. The van der Waals surface area contributed by atoms with E-state index >= 15 is 0 Å². The van der Waals surface area contributed by atoms with Crippen LogP contribution in [0.25, 0.3) is 0 Å². The molecule has 0 aromatic heterocycles. The Balaban J connectivity index is 4.13. The number of aliphatic hydroxyl groups excluding tert-OH is 1. The first-order chi connectivity index (χ1) is 9.79. The second kappa shape index (κ2) is 10.6. The summed E-state index contributed by atoms with van der Waals surface area (Å²) in [6, 6.07) is 0. The number of thioether (sulfide) groups is 1. The molecule has 120 valence electrons. The molecule has 0 aliphatic heterocycles. The Morgan fingerprint density at radius 3 is 2.48 bits per heavy atom. The van der Waals surface area contributed by atoms with Crippen LogP contribution in [0, 0.1) is 16.7 Å². The van der Waals surface area contributed by atoms with E-state index in [1.54, 1.807) is 19.3 Å². The van der Waals surface area contributed by atoms with Gasteiger partial charge in [0.2, 0.25) is 5.91 Å². The number of carbonyl (C=O) groups excluding carboxylic acids is 1. The maximum atomic E-state index is 11.9. The van der Waals surface area contributed by atoms with Crippen molar-refractivity contribution >= 4 is 28.4 Å². The van der Waals surface area contributed by atoms with Crippen molar-refractivity contribution in [2.75, 3.05) is 6.54 Å². The van der Waals surface area contributed by atoms with Gasteiger partial charge in [-0.3, -0.25) is 10.2 Å². The van der Waals surface area contributed by atoms with Crippen molar-refractivity contribution in [1.82, 2.24) is 5.32 Å². The zero-order valence-corrected chi connectivity index (χ0v) is 14.1. The fourth-order valence-corrected chi connectivity index (χ4v) is 2.36. The maximum Gasteiger partial charge on any atom is 0.225 e. The van der Waals surface area contributed by atoms with Gasteiger partial charge in [0.05, 0.1) is 17.1 Å². The number of rotatable bonds is 9. The van der Waals surface area contributed by atoms with Crippen LogP contribution in [0.2, 0.25) is 0 Å². The Labute approximate surface area is 131 Å². The van der Waals surface area contributed by atoms with E-state index in [2.05, 4.69) is 5.32 Å². The van der Waals surface area contributed by atoms with Gasteiger partial charge in [-0.05, 0) is 38.2 Å². The molecule has 2 atom stereocenters. The summed E-state index contributed by atoms with van der Waals surface area (Å²) < 4.78 is 0. The number of carbonyl (C=O) groups is 1. The van der Waals surface area contributed by atoms with Gasteiger partial charge < -0.3 is 15.8 Å². The average Bonchev–Trinajstić information content (AvgIpc) is 2.41. The van der Waals surface area contributed by atoms with Gasteiger partial charge in [-0.2, -0.15) is 0 Å². The second-order valence-corrected chi connectivity index (χ2v) is 6.11. The molecule has 0 aliphatic rings. The number of amides is 1. The van der Waals surface area contributed by atoms with Gasteiger partial charge in [-0.25, -0.2) is 0 Å². The lowest BCUT2D eigenvalue weighted by molar-refractivity contribution is -0.128. The Morgan fingerprint density at radius 2 is 2.00 bits per heavy atom. The molecule has 1 amide bonds. The molecular formula is C15H27N3O2S. The number of hydrogen-bond donors (Lipinski definition) is 4. The molecule has 6 heteroatoms. The minimum absolute atomic E-state index is 0.147. The second-order valence-electron chi connectivity index (χ2n) is 5.14. The summed E-state index contributed by atoms with van der Waals surface area (Å²) in [5.74, 6) is -0.522. The van der Waals surface area contributed by atoms with Crippen molar-refractivity contribution in [3.8, 4) is 0 Å². The largest absolute Gasteiger partial charge is 0.393 e. The van der Waals surface area contributed by atoms with Crippen molar-refractivity contribution in [2.45, 2.75) is 53.1 Å². The molecule has 5 nitrogen and oxygen atoms in total. The third-order valence-electron chi connectivity index (χ3n) is 3.14. The average molecular weight is 313 g/mol. The predicted molar refractivity (Wildman–Crippen MR) is 90.2 cm³/mol. The number of aliphatic hydroxyl groups is 1. The molecule has 2 unspecified atom stereocenters. The molecule has 0 fully saturated rings. The predicted octanol–water partition coefficient (Wildman–Crippen LogP) is 2.94. The highest BCUT2D eigenvalue weighted by Gasteiger charge is 2.22. The van der Waals surface area contributed by atoms with E-state index in [9.17, 15) is 9.90 Å². The van der Waals surface area contributed by atoms with Crippen LogP contribution in [-0.4, -0.2) is 34.4 Å². The monoisotopic (exact) mass is 313 g/mol. The summed E-state index contributed by atoms with van der Waals surface area (Å²) in [5.41, 5.74) is 1.33. The number of hydrogen-bond acceptors (Lipinski definition) is 5. The van der Waals surface area contributed by atoms with Crippen LogP contribution in [-0.2, 0) is 4.79 Å². The molecule has 0 aromatic carbocycles. The quantitative estimate of drug-likeness (QED) is 0.389. The van der Waals surface area contributed by atoms with Gasteiger partial charge in [-0.15, -0.1) is 0 Å². The highest BCUT2D eigenvalue weighted by molar-refractivity contribution is 8.16. The van der Waals surface area contributed by atoms with Crippen LogP contribution in [0.1, 0.15) is 47.0 Å². The van der Waals surface area contributed by atoms with Crippen LogP contribution in [0.15, 0.2) is 11.0 Å². The van der Waals surface area contributed by atoms with Crippen LogP contribution < -0.4 is 5.32 Å². The van der Waals surface area contributed by atoms with Crippen molar-refractivity contribution in [2.24, 2.45) is 5.92 Å². The molecule has 0 aromatic rings. The molecule has 0 spiro atoms. The minimum atomic E-state index is -0.653. The molecular weight excluding hydrogens is 286 g/mol. The summed E-state index contributed by atoms with van der Waals surface area (Å²) in [6.07, 6.45) is 1.31. The topological polar surface area (TPSA) is 97.0 Å². The van der Waals surface area contributed by atoms with Gasteiger partial charge in [0.15, 0.2) is 0 Å². The van der Waals surface area contributed by atoms with Crippen molar-refractivity contribution in [1.29, 1.82) is 10.8 Å². The molecule has 0 radical (unpaired) electrons. The standard InChI is InChI=1S/C15H27N3O2S/c1-5-6-13(12(4)19)15(20)18-8-7-14(17)21-9-10(2)11(3)16/h9,12-13,16-17,19H,5-8H2,1-4H3,(H,18,20)/b10-9+,16-11?,17-14?. The molecule has 0 saturated carbocycles. The van der Waals surface area contributed by atoms with E-state index in [4.69, 9.17) is 10.8 Å². The molecule has 0 bridgehead atoms. The van der Waals surface area contributed by atoms with Crippen molar-refractivity contribution in [3.63, 3.8) is 0 Å². The summed E-state index contributed by atoms with van der Waals surface area (Å²) in [5, 5.41) is 29.8. The molecule has 0 rings (SSSR count). The Morgan fingerprint density at radius 1 is 1.38 bits per heavy atom. The SMILES string of the molecule is CCCC(C(=O)NCCC(=N)S/C=C(\C)C(C)=N)C(C)O. The highest BCUT2D eigenvalue weighted by Crippen LogP contribution is 2.13. The van der Waals surface area contributed by atoms with E-state index in [0.29, 0.717) is 30.1 Å². The molecule has 21 heavy (non-hydrogen) atoms. The zero-order chi connectivity index (χ0) is 16.4. The lowest BCUT2D eigenvalue weighted by Gasteiger charge is -2.18. The lowest BCUT2D eigenvalue weighted by Crippen LogP contribution is -2.37. The molecule has 0 aliphatic carbocycles. The van der Waals surface area contributed by atoms with Crippen LogP contribution in [0.5, 0.6) is 0 Å². The van der Waals surface area contributed by atoms with E-state index in [0.717, 1.165) is 12.0 Å². The zero-order valence-electron chi connectivity index (χ0n) is 13.3. The van der Waals surface area contributed by atoms with Crippen LogP contribution >= 0.6 is 11.8 Å². The van der Waals surface area contributed by atoms with Crippen molar-refractivity contribution < 1.29 is 9.90 Å². The Kier molecular flexibility index (Phi) is 9.99. The van der Waals surface area contributed by atoms with Crippen molar-refractivity contribution in [3.05, 3.63) is 11.0 Å². The van der Waals surface area contributed by atoms with E-state index in [-0.39, 0.29) is 11.8 Å². The van der Waals surface area contributed by atoms with E-state index < -0.39 is 6.10 Å². The van der Waals surface area contributed by atoms with Crippen LogP contribution in [0.3, 0.4) is 0 Å². The molecule has 0 saturated heterocycles. The lowest BCUT2D eigenvalue weighted by atomic mass is 9.97. The van der Waals surface area contributed by atoms with Gasteiger partial charge in [0.25, 0.3) is 0 Å². The highest BCUT2D eigenvalue weighted by atomic mass is 32.2. The summed E-state index contributed by atoms with van der Waals surface area (Å²) in [7, 11) is 0. The third kappa shape index (κ3) is 8.67. The smallest absolute Gasteiger partial charge is 0.225 e. The first-order valence-electron chi connectivity index (χ1n) is 7.21. The van der Waals surface area contributed by atoms with Gasteiger partial charge in [0, 0.05) is 18.7 Å². The number of allylic oxidation sites excluding steroid dienone is 1. The number of nitrogens with one attached hydrogen (secondary N) is 3. The first-order valence-corrected chi connectivity index (χ1v) is 8.09. The summed E-state index contributed by atoms with van der Waals surface area (Å²) in [4.78, 5) is 11.9. The fraction of sp³-hybridized carbons (Fsp3) is 0.667. The Hall–Kier alpha value is -1.14. The third-order valence-corrected chi connectivity index (χ3v) is 4.10. The van der Waals surface area contributed by atoms with Crippen LogP contribution in [0.4, 0.5) is 0 Å². The van der Waals surface area contributed by atoms with Gasteiger partial charge in [0.1, 0.15) is 0 Å². The van der Waals surface area contributed by atoms with Gasteiger partial charge >= 0.3 is 0 Å².